The van der Waals surface area contributed by atoms with E-state index in [0.29, 0.717) is 5.75 Å². The Labute approximate surface area is 84.9 Å². The summed E-state index contributed by atoms with van der Waals surface area (Å²) in [5.74, 6) is -0.356. The Bertz CT molecular complexity index is 399. The fourth-order valence-electron chi connectivity index (χ4n) is 1.20. The average molecular weight is 211 g/mol. The predicted octanol–water partition coefficient (Wildman–Crippen LogP) is 0.367. The molecule has 5 nitrogen and oxygen atoms in total. The van der Waals surface area contributed by atoms with Gasteiger partial charge < -0.3 is 9.67 Å². The monoisotopic (exact) mass is 211 g/mol. The van der Waals surface area contributed by atoms with Crippen LogP contribution in [0.1, 0.15) is 5.69 Å². The van der Waals surface area contributed by atoms with Crippen LogP contribution in [0.3, 0.4) is 0 Å². The van der Waals surface area contributed by atoms with Crippen LogP contribution in [0.5, 0.6) is 0 Å². The van der Waals surface area contributed by atoms with E-state index >= 15 is 0 Å². The van der Waals surface area contributed by atoms with Gasteiger partial charge in [0.2, 0.25) is 0 Å². The van der Waals surface area contributed by atoms with Crippen molar-refractivity contribution in [3.05, 3.63) is 18.2 Å². The Kier molecular flexibility index (Phi) is 2.28. The second kappa shape index (κ2) is 3.45. The molecule has 1 aromatic heterocycles. The highest BCUT2D eigenvalue weighted by molar-refractivity contribution is 8.14. The number of thioether (sulfide) groups is 1. The van der Waals surface area contributed by atoms with E-state index in [9.17, 15) is 4.79 Å². The molecule has 14 heavy (non-hydrogen) atoms. The number of aliphatic carboxylic acids is 1. The normalized spacial score (nSPS) is 20.9. The third-order valence-corrected chi connectivity index (χ3v) is 3.04. The lowest BCUT2D eigenvalue weighted by Gasteiger charge is -1.98. The first-order chi connectivity index (χ1) is 6.68. The van der Waals surface area contributed by atoms with Crippen LogP contribution in [0.15, 0.2) is 17.5 Å². The maximum Gasteiger partial charge on any atom is 0.329 e. The van der Waals surface area contributed by atoms with Crippen LogP contribution in [0.25, 0.3) is 0 Å². The van der Waals surface area contributed by atoms with Crippen LogP contribution >= 0.6 is 11.8 Å². The van der Waals surface area contributed by atoms with E-state index in [-0.39, 0.29) is 0 Å². The van der Waals surface area contributed by atoms with E-state index in [1.807, 2.05) is 11.6 Å². The Hall–Kier alpha value is -1.30. The van der Waals surface area contributed by atoms with Gasteiger partial charge in [-0.2, -0.15) is 0 Å². The predicted molar refractivity (Wildman–Crippen MR) is 53.6 cm³/mol. The molecule has 0 aliphatic carbocycles. The highest BCUT2D eigenvalue weighted by Gasteiger charge is 2.26. The van der Waals surface area contributed by atoms with E-state index in [1.165, 1.54) is 11.8 Å². The van der Waals surface area contributed by atoms with Gasteiger partial charge in [-0.15, -0.1) is 11.8 Å². The van der Waals surface area contributed by atoms with Crippen molar-refractivity contribution in [1.29, 1.82) is 0 Å². The maximum atomic E-state index is 10.7. The summed E-state index contributed by atoms with van der Waals surface area (Å²) in [7, 11) is 1.86. The second-order valence-corrected chi connectivity index (χ2v) is 4.00. The van der Waals surface area contributed by atoms with E-state index < -0.39 is 12.0 Å². The molecule has 2 rings (SSSR count). The largest absolute Gasteiger partial charge is 0.480 e. The lowest BCUT2D eigenvalue weighted by Crippen LogP contribution is -2.17. The molecule has 0 spiro atoms. The van der Waals surface area contributed by atoms with Gasteiger partial charge in [0.1, 0.15) is 5.04 Å². The highest BCUT2D eigenvalue weighted by atomic mass is 32.2. The van der Waals surface area contributed by atoms with Crippen LogP contribution in [-0.2, 0) is 11.8 Å². The molecule has 2 heterocycles. The number of aromatic nitrogens is 2. The molecule has 1 unspecified atom stereocenters. The van der Waals surface area contributed by atoms with Gasteiger partial charge in [0.05, 0.1) is 18.2 Å². The molecule has 0 saturated heterocycles. The van der Waals surface area contributed by atoms with Gasteiger partial charge in [-0.25, -0.2) is 9.78 Å². The number of rotatable bonds is 2. The first-order valence-electron chi connectivity index (χ1n) is 4.08. The lowest BCUT2D eigenvalue weighted by molar-refractivity contribution is -0.137. The van der Waals surface area contributed by atoms with Crippen molar-refractivity contribution in [3.63, 3.8) is 0 Å². The standard InChI is InChI=1S/C8H9N3O2S/c1-11-4-9-2-6(11)7-10-5(3-14-7)8(12)13/h2,4-5H,3H2,1H3,(H,12,13). The van der Waals surface area contributed by atoms with Crippen molar-refractivity contribution < 1.29 is 9.90 Å². The summed E-state index contributed by atoms with van der Waals surface area (Å²) in [6.07, 6.45) is 3.36. The van der Waals surface area contributed by atoms with Gasteiger partial charge in [0, 0.05) is 12.8 Å². The molecule has 1 aromatic rings. The van der Waals surface area contributed by atoms with Crippen molar-refractivity contribution in [1.82, 2.24) is 9.55 Å². The molecule has 0 saturated carbocycles. The van der Waals surface area contributed by atoms with Crippen LogP contribution < -0.4 is 0 Å². The summed E-state index contributed by atoms with van der Waals surface area (Å²) in [6.45, 7) is 0. The number of nitrogens with zero attached hydrogens (tertiary/aromatic N) is 3. The Balaban J connectivity index is 2.26. The third kappa shape index (κ3) is 1.52. The summed E-state index contributed by atoms with van der Waals surface area (Å²) in [5.41, 5.74) is 0.874. The molecule has 1 aliphatic rings. The number of aryl methyl sites for hydroxylation is 1. The molecule has 0 amide bonds. The Morgan fingerprint density at radius 1 is 1.79 bits per heavy atom. The fourth-order valence-corrected chi connectivity index (χ4v) is 2.28. The molecule has 0 radical (unpaired) electrons. The molecule has 6 heteroatoms. The van der Waals surface area contributed by atoms with Crippen molar-refractivity contribution in [2.75, 3.05) is 5.75 Å². The average Bonchev–Trinajstić information content (AvgIpc) is 2.71. The molecule has 1 N–H and O–H groups in total. The van der Waals surface area contributed by atoms with Crippen molar-refractivity contribution >= 4 is 22.8 Å². The van der Waals surface area contributed by atoms with Gasteiger partial charge in [0.15, 0.2) is 6.04 Å². The fraction of sp³-hybridized carbons (Fsp3) is 0.375. The molecule has 0 bridgehead atoms. The van der Waals surface area contributed by atoms with Gasteiger partial charge in [-0.1, -0.05) is 0 Å². The van der Waals surface area contributed by atoms with Gasteiger partial charge in [-0.05, 0) is 0 Å². The third-order valence-electron chi connectivity index (χ3n) is 1.97. The molecule has 1 aliphatic heterocycles. The summed E-state index contributed by atoms with van der Waals surface area (Å²) in [4.78, 5) is 18.7. The van der Waals surface area contributed by atoms with Crippen molar-refractivity contribution in [2.45, 2.75) is 6.04 Å². The van der Waals surface area contributed by atoms with Crippen molar-refractivity contribution in [2.24, 2.45) is 12.0 Å². The summed E-state index contributed by atoms with van der Waals surface area (Å²) in [5, 5.41) is 9.52. The zero-order chi connectivity index (χ0) is 10.1. The number of hydrogen-bond donors (Lipinski definition) is 1. The quantitative estimate of drug-likeness (QED) is 0.767. The minimum atomic E-state index is -0.866. The number of hydrogen-bond acceptors (Lipinski definition) is 4. The smallest absolute Gasteiger partial charge is 0.329 e. The molecular formula is C8H9N3O2S. The number of aliphatic imine (C=N–C) groups is 1. The van der Waals surface area contributed by atoms with E-state index in [2.05, 4.69) is 9.98 Å². The first-order valence-corrected chi connectivity index (χ1v) is 5.07. The second-order valence-electron chi connectivity index (χ2n) is 2.99. The summed E-state index contributed by atoms with van der Waals surface area (Å²) >= 11 is 1.46. The maximum absolute atomic E-state index is 10.7. The number of carboxylic acid groups (broad SMARTS) is 1. The number of carbonyl (C=O) groups is 1. The Morgan fingerprint density at radius 3 is 3.07 bits per heavy atom. The van der Waals surface area contributed by atoms with Crippen LogP contribution in [-0.4, -0.2) is 37.5 Å². The highest BCUT2D eigenvalue weighted by Crippen LogP contribution is 2.22. The molecular weight excluding hydrogens is 202 g/mol. The van der Waals surface area contributed by atoms with Crippen LogP contribution in [0, 0.1) is 0 Å². The minimum Gasteiger partial charge on any atom is -0.480 e. The minimum absolute atomic E-state index is 0.510. The lowest BCUT2D eigenvalue weighted by atomic mass is 10.3. The molecule has 74 valence electrons. The van der Waals surface area contributed by atoms with Gasteiger partial charge >= 0.3 is 5.97 Å². The van der Waals surface area contributed by atoms with Crippen LogP contribution in [0.4, 0.5) is 0 Å². The van der Waals surface area contributed by atoms with E-state index in [0.717, 1.165) is 10.7 Å². The number of carboxylic acids is 1. The topological polar surface area (TPSA) is 67.5 Å². The molecule has 0 aromatic carbocycles. The summed E-state index contributed by atoms with van der Waals surface area (Å²) < 4.78 is 1.83. The van der Waals surface area contributed by atoms with Gasteiger partial charge in [0.25, 0.3) is 0 Å². The molecule has 1 atom stereocenters. The molecule has 0 fully saturated rings. The Morgan fingerprint density at radius 2 is 2.57 bits per heavy atom. The van der Waals surface area contributed by atoms with Crippen LogP contribution in [0.2, 0.25) is 0 Å². The SMILES string of the molecule is Cn1cncc1C1=NC(C(=O)O)CS1. The number of imidazole rings is 1. The van der Waals surface area contributed by atoms with E-state index in [4.69, 9.17) is 5.11 Å². The van der Waals surface area contributed by atoms with Gasteiger partial charge in [-0.3, -0.25) is 4.99 Å². The first kappa shape index (κ1) is 9.26. The zero-order valence-electron chi connectivity index (χ0n) is 7.54. The van der Waals surface area contributed by atoms with E-state index in [1.54, 1.807) is 12.5 Å². The van der Waals surface area contributed by atoms with Crippen molar-refractivity contribution in [3.8, 4) is 0 Å². The zero-order valence-corrected chi connectivity index (χ0v) is 8.36. The summed E-state index contributed by atoms with van der Waals surface area (Å²) in [6, 6.07) is -0.607.